The molecule has 0 fully saturated rings. The van der Waals surface area contributed by atoms with Crippen molar-refractivity contribution >= 4 is 24.9 Å². The molecule has 0 aliphatic heterocycles. The number of carbonyl (C=O) groups is 2. The van der Waals surface area contributed by atoms with E-state index in [9.17, 15) is 9.59 Å². The van der Waals surface area contributed by atoms with Gasteiger partial charge in [-0.1, -0.05) is 12.8 Å². The molecule has 94 valence electrons. The molecular weight excluding hydrogens is 230 g/mol. The lowest BCUT2D eigenvalue weighted by atomic mass is 10.1. The molecule has 0 aromatic heterocycles. The summed E-state index contributed by atoms with van der Waals surface area (Å²) in [6.07, 6.45) is -0.392. The summed E-state index contributed by atoms with van der Waals surface area (Å²) < 4.78 is 2.12. The Labute approximate surface area is 101 Å². The van der Waals surface area contributed by atoms with E-state index in [1.54, 1.807) is 0 Å². The number of urea groups is 1. The summed E-state index contributed by atoms with van der Waals surface area (Å²) in [4.78, 5) is 23.0. The molecule has 0 bridgehead atoms. The predicted octanol–water partition coefficient (Wildman–Crippen LogP) is 1.30. The van der Waals surface area contributed by atoms with Crippen LogP contribution in [0.2, 0.25) is 0 Å². The largest absolute Gasteiger partial charge is 0.465 e. The van der Waals surface area contributed by atoms with E-state index in [0.29, 0.717) is 19.5 Å². The number of nitrogens with zero attached hydrogens (tertiary/aromatic N) is 1. The van der Waals surface area contributed by atoms with E-state index < -0.39 is 11.6 Å². The summed E-state index contributed by atoms with van der Waals surface area (Å²) in [5, 5.41) is 11.5. The number of carboxylic acid groups (broad SMARTS) is 1. The lowest BCUT2D eigenvalue weighted by Crippen LogP contribution is -2.46. The Hall–Kier alpha value is -1.11. The maximum absolute atomic E-state index is 10.9. The molecule has 0 atom stereocenters. The zero-order chi connectivity index (χ0) is 12.8. The minimum absolute atomic E-state index is 0.381. The Morgan fingerprint density at radius 1 is 1.38 bits per heavy atom. The second-order valence-electron chi connectivity index (χ2n) is 4.33. The van der Waals surface area contributed by atoms with Crippen LogP contribution in [0.3, 0.4) is 0 Å². The van der Waals surface area contributed by atoms with E-state index in [0.717, 1.165) is 0 Å². The predicted molar refractivity (Wildman–Crippen MR) is 64.6 cm³/mol. The lowest BCUT2D eigenvalue weighted by molar-refractivity contribution is 0.0997. The second-order valence-corrected chi connectivity index (χ2v) is 4.55. The van der Waals surface area contributed by atoms with Crippen molar-refractivity contribution in [3.63, 3.8) is 0 Å². The maximum Gasteiger partial charge on any atom is 0.407 e. The number of nitrogens with one attached hydrogen (secondary N) is 2. The van der Waals surface area contributed by atoms with Gasteiger partial charge in [0.1, 0.15) is 0 Å². The van der Waals surface area contributed by atoms with E-state index in [2.05, 4.69) is 22.9 Å². The number of hydrogen-bond donors (Lipinski definition) is 4. The summed E-state index contributed by atoms with van der Waals surface area (Å²) in [5.74, 6) is 0. The Kier molecular flexibility index (Phi) is 6.02. The van der Waals surface area contributed by atoms with Gasteiger partial charge in [-0.15, -0.1) is 0 Å². The molecule has 0 aliphatic carbocycles. The standard InChI is InChI=1S/C9H19N3O3S/c1-9(2,3)12(8(14)15)6-4-5-10-7(13)11-16/h16H,4-6H2,1-3H3,(H,14,15)(H2,10,11,13). The van der Waals surface area contributed by atoms with Crippen LogP contribution in [0.5, 0.6) is 0 Å². The molecule has 0 aromatic rings. The van der Waals surface area contributed by atoms with Gasteiger partial charge in [0, 0.05) is 18.6 Å². The highest BCUT2D eigenvalue weighted by Crippen LogP contribution is 2.13. The summed E-state index contributed by atoms with van der Waals surface area (Å²) in [7, 11) is 0. The zero-order valence-electron chi connectivity index (χ0n) is 9.78. The van der Waals surface area contributed by atoms with Gasteiger partial charge in [-0.2, -0.15) is 0 Å². The molecule has 0 spiro atoms. The first-order chi connectivity index (χ1) is 7.29. The molecular formula is C9H19N3O3S. The van der Waals surface area contributed by atoms with Crippen molar-refractivity contribution in [2.75, 3.05) is 13.1 Å². The average Bonchev–Trinajstić information content (AvgIpc) is 2.14. The van der Waals surface area contributed by atoms with Crippen LogP contribution in [-0.4, -0.2) is 40.8 Å². The third-order valence-electron chi connectivity index (χ3n) is 1.99. The normalized spacial score (nSPS) is 10.8. The van der Waals surface area contributed by atoms with Crippen molar-refractivity contribution < 1.29 is 14.7 Å². The summed E-state index contributed by atoms with van der Waals surface area (Å²) in [6, 6.07) is -0.388. The van der Waals surface area contributed by atoms with Crippen molar-refractivity contribution in [1.29, 1.82) is 0 Å². The topological polar surface area (TPSA) is 81.7 Å². The van der Waals surface area contributed by atoms with Crippen LogP contribution in [0.25, 0.3) is 0 Å². The third-order valence-corrected chi connectivity index (χ3v) is 2.19. The highest BCUT2D eigenvalue weighted by atomic mass is 32.1. The van der Waals surface area contributed by atoms with Gasteiger partial charge in [-0.25, -0.2) is 9.59 Å². The first-order valence-electron chi connectivity index (χ1n) is 4.97. The average molecular weight is 249 g/mol. The number of hydrogen-bond acceptors (Lipinski definition) is 3. The summed E-state index contributed by atoms with van der Waals surface area (Å²) in [5.41, 5.74) is -0.433. The molecule has 7 heteroatoms. The van der Waals surface area contributed by atoms with Crippen molar-refractivity contribution in [2.45, 2.75) is 32.7 Å². The van der Waals surface area contributed by atoms with Gasteiger partial charge >= 0.3 is 12.1 Å². The van der Waals surface area contributed by atoms with Crippen LogP contribution < -0.4 is 10.0 Å². The maximum atomic E-state index is 10.9. The van der Waals surface area contributed by atoms with Crippen LogP contribution >= 0.6 is 12.8 Å². The van der Waals surface area contributed by atoms with Gasteiger partial charge in [-0.05, 0) is 27.2 Å². The molecule has 0 aliphatic rings. The Bertz CT molecular complexity index is 253. The van der Waals surface area contributed by atoms with Gasteiger partial charge in [0.2, 0.25) is 0 Å². The van der Waals surface area contributed by atoms with E-state index in [4.69, 9.17) is 5.11 Å². The Balaban J connectivity index is 3.97. The Morgan fingerprint density at radius 2 is 1.94 bits per heavy atom. The van der Waals surface area contributed by atoms with Gasteiger partial charge < -0.3 is 15.3 Å². The number of carbonyl (C=O) groups excluding carboxylic acids is 1. The summed E-state index contributed by atoms with van der Waals surface area (Å²) in [6.45, 7) is 6.27. The van der Waals surface area contributed by atoms with Crippen LogP contribution in [0.15, 0.2) is 0 Å². The van der Waals surface area contributed by atoms with E-state index in [1.165, 1.54) is 4.90 Å². The van der Waals surface area contributed by atoms with Crippen LogP contribution in [0.4, 0.5) is 9.59 Å². The molecule has 0 radical (unpaired) electrons. The fourth-order valence-electron chi connectivity index (χ4n) is 1.20. The first kappa shape index (κ1) is 14.9. The first-order valence-corrected chi connectivity index (χ1v) is 5.42. The molecule has 0 aromatic carbocycles. The highest BCUT2D eigenvalue weighted by Gasteiger charge is 2.25. The monoisotopic (exact) mass is 249 g/mol. The van der Waals surface area contributed by atoms with Crippen molar-refractivity contribution in [1.82, 2.24) is 14.9 Å². The molecule has 0 unspecified atom stereocenters. The van der Waals surface area contributed by atoms with Crippen molar-refractivity contribution in [3.05, 3.63) is 0 Å². The molecule has 0 rings (SSSR count). The van der Waals surface area contributed by atoms with Gasteiger partial charge in [0.15, 0.2) is 0 Å². The van der Waals surface area contributed by atoms with E-state index in [1.807, 2.05) is 20.8 Å². The fraction of sp³-hybridized carbons (Fsp3) is 0.778. The molecule has 3 N–H and O–H groups in total. The van der Waals surface area contributed by atoms with E-state index in [-0.39, 0.29) is 6.03 Å². The quantitative estimate of drug-likeness (QED) is 0.448. The SMILES string of the molecule is CC(C)(C)N(CCCNC(=O)NS)C(=O)O. The molecule has 6 nitrogen and oxygen atoms in total. The minimum Gasteiger partial charge on any atom is -0.465 e. The van der Waals surface area contributed by atoms with Gasteiger partial charge in [0.05, 0.1) is 0 Å². The van der Waals surface area contributed by atoms with Crippen molar-refractivity contribution in [3.8, 4) is 0 Å². The fourth-order valence-corrected chi connectivity index (χ4v) is 1.28. The number of thiol groups is 1. The molecule has 0 saturated heterocycles. The van der Waals surface area contributed by atoms with Crippen molar-refractivity contribution in [2.24, 2.45) is 0 Å². The van der Waals surface area contributed by atoms with Crippen LogP contribution in [0, 0.1) is 0 Å². The minimum atomic E-state index is -0.953. The summed E-state index contributed by atoms with van der Waals surface area (Å²) >= 11 is 3.57. The molecule has 0 heterocycles. The Morgan fingerprint density at radius 3 is 2.31 bits per heavy atom. The van der Waals surface area contributed by atoms with Crippen LogP contribution in [0.1, 0.15) is 27.2 Å². The van der Waals surface area contributed by atoms with Crippen LogP contribution in [-0.2, 0) is 0 Å². The molecule has 3 amide bonds. The second kappa shape index (κ2) is 6.47. The van der Waals surface area contributed by atoms with E-state index >= 15 is 0 Å². The van der Waals surface area contributed by atoms with Gasteiger partial charge in [-0.3, -0.25) is 4.72 Å². The zero-order valence-corrected chi connectivity index (χ0v) is 10.7. The third kappa shape index (κ3) is 5.69. The smallest absolute Gasteiger partial charge is 0.407 e. The number of rotatable bonds is 4. The lowest BCUT2D eigenvalue weighted by Gasteiger charge is -2.33. The van der Waals surface area contributed by atoms with Gasteiger partial charge in [0.25, 0.3) is 0 Å². The molecule has 0 saturated carbocycles. The highest BCUT2D eigenvalue weighted by molar-refractivity contribution is 7.78. The number of amides is 3. The molecule has 16 heavy (non-hydrogen) atoms.